The van der Waals surface area contributed by atoms with Crippen LogP contribution in [0.15, 0.2) is 17.5 Å². The molecule has 0 aromatic carbocycles. The highest BCUT2D eigenvalue weighted by Gasteiger charge is 2.31. The number of nitrogens with one attached hydrogen (secondary N) is 4. The minimum absolute atomic E-state index is 0.0824. The summed E-state index contributed by atoms with van der Waals surface area (Å²) in [5.41, 5.74) is 22.7. The van der Waals surface area contributed by atoms with Gasteiger partial charge in [-0.15, -0.1) is 0 Å². The lowest BCUT2D eigenvalue weighted by molar-refractivity contribution is -0.147. The van der Waals surface area contributed by atoms with Crippen LogP contribution in [-0.2, 0) is 30.4 Å². The number of H-pyrrole nitrogens is 1. The van der Waals surface area contributed by atoms with Crippen LogP contribution >= 0.6 is 0 Å². The van der Waals surface area contributed by atoms with Crippen molar-refractivity contribution in [2.45, 2.75) is 69.1 Å². The van der Waals surface area contributed by atoms with Crippen molar-refractivity contribution >= 4 is 35.6 Å². The Morgan fingerprint density at radius 2 is 1.51 bits per heavy atom. The zero-order valence-electron chi connectivity index (χ0n) is 21.5. The number of guanidine groups is 1. The molecule has 0 saturated carbocycles. The number of nitrogens with zero attached hydrogens (tertiary/aromatic N) is 2. The minimum Gasteiger partial charge on any atom is -0.481 e. The molecule has 1 heterocycles. The number of aromatic nitrogens is 2. The number of aliphatic carboxylic acids is 2. The zero-order chi connectivity index (χ0) is 29.4. The average molecular weight is 555 g/mol. The molecular formula is C22H38N10O7. The monoisotopic (exact) mass is 554 g/mol. The zero-order valence-corrected chi connectivity index (χ0v) is 21.5. The van der Waals surface area contributed by atoms with Crippen molar-refractivity contribution in [3.8, 4) is 0 Å². The Kier molecular flexibility index (Phi) is 14.5. The van der Waals surface area contributed by atoms with Gasteiger partial charge in [0.2, 0.25) is 17.7 Å². The molecule has 39 heavy (non-hydrogen) atoms. The van der Waals surface area contributed by atoms with Crippen LogP contribution in [0.5, 0.6) is 0 Å². The Morgan fingerprint density at radius 3 is 2.03 bits per heavy atom. The van der Waals surface area contributed by atoms with Crippen molar-refractivity contribution < 1.29 is 34.2 Å². The number of aromatic amines is 1. The number of carboxylic acid groups (broad SMARTS) is 2. The van der Waals surface area contributed by atoms with Gasteiger partial charge in [-0.2, -0.15) is 0 Å². The number of hydrogen-bond acceptors (Lipinski definition) is 9. The van der Waals surface area contributed by atoms with E-state index in [4.69, 9.17) is 28.0 Å². The molecule has 0 bridgehead atoms. The van der Waals surface area contributed by atoms with Crippen molar-refractivity contribution in [3.63, 3.8) is 0 Å². The summed E-state index contributed by atoms with van der Waals surface area (Å²) in [6.07, 6.45) is 3.57. The van der Waals surface area contributed by atoms with Gasteiger partial charge in [-0.05, 0) is 38.6 Å². The molecule has 4 unspecified atom stereocenters. The van der Waals surface area contributed by atoms with E-state index in [0.29, 0.717) is 25.1 Å². The maximum absolute atomic E-state index is 13.2. The number of nitrogens with two attached hydrogens (primary N) is 4. The second kappa shape index (κ2) is 17.3. The third-order valence-electron chi connectivity index (χ3n) is 5.48. The van der Waals surface area contributed by atoms with E-state index < -0.39 is 60.2 Å². The van der Waals surface area contributed by atoms with Crippen molar-refractivity contribution in [1.82, 2.24) is 25.9 Å². The van der Waals surface area contributed by atoms with Crippen molar-refractivity contribution in [3.05, 3.63) is 18.2 Å². The molecule has 4 atom stereocenters. The molecule has 0 saturated heterocycles. The molecule has 0 aliphatic rings. The van der Waals surface area contributed by atoms with Gasteiger partial charge in [0.1, 0.15) is 18.1 Å². The molecule has 1 aromatic heterocycles. The minimum atomic E-state index is -1.71. The second-order valence-electron chi connectivity index (χ2n) is 8.74. The van der Waals surface area contributed by atoms with E-state index in [1.165, 1.54) is 12.5 Å². The van der Waals surface area contributed by atoms with Gasteiger partial charge in [0, 0.05) is 24.9 Å². The first-order valence-electron chi connectivity index (χ1n) is 12.3. The average Bonchev–Trinajstić information content (AvgIpc) is 3.37. The Bertz CT molecular complexity index is 982. The van der Waals surface area contributed by atoms with Crippen molar-refractivity contribution in [2.24, 2.45) is 27.9 Å². The quantitative estimate of drug-likeness (QED) is 0.0452. The van der Waals surface area contributed by atoms with Gasteiger partial charge in [-0.1, -0.05) is 0 Å². The Morgan fingerprint density at radius 1 is 0.923 bits per heavy atom. The molecule has 0 radical (unpaired) electrons. The summed E-state index contributed by atoms with van der Waals surface area (Å²) in [5.74, 6) is -5.39. The van der Waals surface area contributed by atoms with Crippen LogP contribution in [0.1, 0.15) is 44.2 Å². The van der Waals surface area contributed by atoms with Crippen LogP contribution in [0.4, 0.5) is 0 Å². The van der Waals surface area contributed by atoms with E-state index in [-0.39, 0.29) is 38.2 Å². The lowest BCUT2D eigenvalue weighted by Gasteiger charge is -2.25. The van der Waals surface area contributed by atoms with Crippen LogP contribution in [-0.4, -0.2) is 93.1 Å². The number of carbonyl (C=O) groups is 5. The lowest BCUT2D eigenvalue weighted by atomic mass is 10.0. The first-order valence-corrected chi connectivity index (χ1v) is 12.3. The van der Waals surface area contributed by atoms with Crippen molar-refractivity contribution in [1.29, 1.82) is 0 Å². The van der Waals surface area contributed by atoms with E-state index in [9.17, 15) is 29.1 Å². The first kappa shape index (κ1) is 32.8. The number of imidazole rings is 1. The number of aliphatic imine (C=N–C) groups is 1. The molecule has 0 aliphatic heterocycles. The number of rotatable bonds is 19. The maximum Gasteiger partial charge on any atom is 0.326 e. The van der Waals surface area contributed by atoms with Gasteiger partial charge >= 0.3 is 11.9 Å². The van der Waals surface area contributed by atoms with Gasteiger partial charge in [-0.3, -0.25) is 24.2 Å². The molecule has 14 N–H and O–H groups in total. The summed E-state index contributed by atoms with van der Waals surface area (Å²) >= 11 is 0. The van der Waals surface area contributed by atoms with Gasteiger partial charge in [0.25, 0.3) is 0 Å². The first-order chi connectivity index (χ1) is 18.4. The highest BCUT2D eigenvalue weighted by atomic mass is 16.4. The normalized spacial score (nSPS) is 13.8. The molecule has 0 fully saturated rings. The van der Waals surface area contributed by atoms with E-state index >= 15 is 0 Å². The summed E-state index contributed by atoms with van der Waals surface area (Å²) in [5, 5.41) is 25.4. The van der Waals surface area contributed by atoms with Crippen LogP contribution in [0, 0.1) is 0 Å². The molecule has 1 aromatic rings. The van der Waals surface area contributed by atoms with Crippen LogP contribution in [0.2, 0.25) is 0 Å². The third kappa shape index (κ3) is 13.2. The Labute approximate surface area is 224 Å². The molecule has 3 amide bonds. The fraction of sp³-hybridized carbons (Fsp3) is 0.591. The van der Waals surface area contributed by atoms with E-state index in [0.717, 1.165) is 0 Å². The Hall–Kier alpha value is -4.25. The van der Waals surface area contributed by atoms with Crippen LogP contribution in [0.3, 0.4) is 0 Å². The van der Waals surface area contributed by atoms with E-state index in [1.54, 1.807) is 0 Å². The number of carbonyl (C=O) groups excluding carboxylic acids is 3. The topological polar surface area (TPSA) is 307 Å². The number of hydrogen-bond donors (Lipinski definition) is 10. The number of carboxylic acids is 2. The standard InChI is InChI=1S/C22H38N10O7/c23-6-2-1-4-14(20(37)32-16(21(38)39)9-17(33)34)31-19(36)15(5-3-7-28-22(25)26)30-18(35)13(24)8-12-10-27-11-29-12/h10-11,13-16H,1-9,23-24H2,(H,27,29)(H,30,35)(H,31,36)(H,32,37)(H,33,34)(H,38,39)(H4,25,26,28). The van der Waals surface area contributed by atoms with Gasteiger partial charge in [0.15, 0.2) is 5.96 Å². The molecular weight excluding hydrogens is 516 g/mol. The molecule has 17 nitrogen and oxygen atoms in total. The summed E-state index contributed by atoms with van der Waals surface area (Å²) in [6.45, 7) is 0.481. The molecule has 0 aliphatic carbocycles. The van der Waals surface area contributed by atoms with Crippen LogP contribution in [0.25, 0.3) is 0 Å². The molecule has 17 heteroatoms. The largest absolute Gasteiger partial charge is 0.481 e. The molecule has 218 valence electrons. The predicted octanol–water partition coefficient (Wildman–Crippen LogP) is -3.52. The SMILES string of the molecule is NCCCCC(NC(=O)C(CCCN=C(N)N)NC(=O)C(N)Cc1cnc[nH]1)C(=O)NC(CC(=O)O)C(=O)O. The summed E-state index contributed by atoms with van der Waals surface area (Å²) < 4.78 is 0. The van der Waals surface area contributed by atoms with Gasteiger partial charge < -0.3 is 54.1 Å². The highest BCUT2D eigenvalue weighted by molar-refractivity contribution is 5.94. The van der Waals surface area contributed by atoms with E-state index in [1.807, 2.05) is 0 Å². The highest BCUT2D eigenvalue weighted by Crippen LogP contribution is 2.07. The van der Waals surface area contributed by atoms with Gasteiger partial charge in [0.05, 0.1) is 18.8 Å². The third-order valence-corrected chi connectivity index (χ3v) is 5.48. The summed E-state index contributed by atoms with van der Waals surface area (Å²) in [7, 11) is 0. The van der Waals surface area contributed by atoms with E-state index in [2.05, 4.69) is 30.9 Å². The summed E-state index contributed by atoms with van der Waals surface area (Å²) in [6, 6.07) is -5.09. The second-order valence-corrected chi connectivity index (χ2v) is 8.74. The molecule has 1 rings (SSSR count). The van der Waals surface area contributed by atoms with Gasteiger partial charge in [-0.25, -0.2) is 9.78 Å². The maximum atomic E-state index is 13.2. The molecule has 0 spiro atoms. The number of amides is 3. The smallest absolute Gasteiger partial charge is 0.326 e. The fourth-order valence-corrected chi connectivity index (χ4v) is 3.46. The number of unbranched alkanes of at least 4 members (excludes halogenated alkanes) is 1. The fourth-order valence-electron chi connectivity index (χ4n) is 3.46. The van der Waals surface area contributed by atoms with Crippen molar-refractivity contribution in [2.75, 3.05) is 13.1 Å². The Balaban J connectivity index is 3.02. The summed E-state index contributed by atoms with van der Waals surface area (Å²) in [4.78, 5) is 71.7. The van der Waals surface area contributed by atoms with Crippen LogP contribution < -0.4 is 38.9 Å². The predicted molar refractivity (Wildman–Crippen MR) is 139 cm³/mol. The lowest BCUT2D eigenvalue weighted by Crippen LogP contribution is -2.57.